The first-order valence-electron chi connectivity index (χ1n) is 12.8. The first-order chi connectivity index (χ1) is 18.9. The van der Waals surface area contributed by atoms with E-state index in [-0.39, 0.29) is 18.0 Å². The molecule has 2 aromatic carbocycles. The molecule has 0 bridgehead atoms. The highest BCUT2D eigenvalue weighted by molar-refractivity contribution is 7.89. The summed E-state index contributed by atoms with van der Waals surface area (Å²) in [6, 6.07) is 18.9. The van der Waals surface area contributed by atoms with Crippen LogP contribution in [0, 0.1) is 11.3 Å². The third-order valence-corrected chi connectivity index (χ3v) is 9.27. The van der Waals surface area contributed by atoms with Crippen LogP contribution in [0.15, 0.2) is 82.6 Å². The molecule has 2 aromatic heterocycles. The number of nitriles is 1. The van der Waals surface area contributed by atoms with Crippen molar-refractivity contribution in [2.24, 2.45) is 0 Å². The van der Waals surface area contributed by atoms with Crippen molar-refractivity contribution in [1.29, 1.82) is 5.26 Å². The number of rotatable bonds is 6. The Kier molecular flexibility index (Phi) is 6.64. The SMILES string of the molecule is CN1CCN(c2cccc(C(C#N)c3cc4c(cn3)CN(S(=O)(=O)c3ccc(-c5ncco5)cc3)C4)c2)CC1. The van der Waals surface area contributed by atoms with E-state index in [4.69, 9.17) is 4.42 Å². The van der Waals surface area contributed by atoms with E-state index in [1.807, 2.05) is 18.2 Å². The molecule has 1 fully saturated rings. The summed E-state index contributed by atoms with van der Waals surface area (Å²) in [5, 5.41) is 10.1. The summed E-state index contributed by atoms with van der Waals surface area (Å²) in [6.45, 7) is 4.37. The molecule has 2 aliphatic rings. The van der Waals surface area contributed by atoms with E-state index >= 15 is 0 Å². The van der Waals surface area contributed by atoms with Gasteiger partial charge in [0.25, 0.3) is 0 Å². The molecule has 0 amide bonds. The zero-order valence-electron chi connectivity index (χ0n) is 21.6. The van der Waals surface area contributed by atoms with E-state index in [1.165, 1.54) is 10.6 Å². The van der Waals surface area contributed by atoms with Gasteiger partial charge in [-0.3, -0.25) is 4.98 Å². The van der Waals surface area contributed by atoms with Crippen LogP contribution in [0.1, 0.15) is 28.3 Å². The van der Waals surface area contributed by atoms with Gasteiger partial charge in [0.15, 0.2) is 0 Å². The summed E-state index contributed by atoms with van der Waals surface area (Å²) in [5.74, 6) is -0.108. The Bertz CT molecular complexity index is 1620. The molecule has 2 aliphatic heterocycles. The number of anilines is 1. The van der Waals surface area contributed by atoms with Crippen LogP contribution in [0.3, 0.4) is 0 Å². The topological polar surface area (TPSA) is 107 Å². The maximum Gasteiger partial charge on any atom is 0.243 e. The molecule has 0 radical (unpaired) electrons. The standard InChI is InChI=1S/C29H28N6O3S/c1-33-10-12-34(13-11-33)25-4-2-3-22(15-25)27(17-30)28-16-23-19-35(20-24(23)18-32-28)39(36,37)26-7-5-21(6-8-26)29-31-9-14-38-29/h2-9,14-16,18,27H,10-13,19-20H2,1H3. The van der Waals surface area contributed by atoms with Gasteiger partial charge in [0.1, 0.15) is 12.2 Å². The number of benzene rings is 2. The Balaban J connectivity index is 1.21. The number of oxazole rings is 1. The van der Waals surface area contributed by atoms with E-state index < -0.39 is 15.9 Å². The fourth-order valence-electron chi connectivity index (χ4n) is 5.16. The highest BCUT2D eigenvalue weighted by Crippen LogP contribution is 2.33. The third-order valence-electron chi connectivity index (χ3n) is 7.47. The number of nitrogens with zero attached hydrogens (tertiary/aromatic N) is 6. The van der Waals surface area contributed by atoms with E-state index in [9.17, 15) is 13.7 Å². The van der Waals surface area contributed by atoms with Crippen LogP contribution in [0.2, 0.25) is 0 Å². The summed E-state index contributed by atoms with van der Waals surface area (Å²) < 4.78 is 33.6. The number of pyridine rings is 1. The van der Waals surface area contributed by atoms with Crippen molar-refractivity contribution in [2.45, 2.75) is 23.9 Å². The average molecular weight is 541 g/mol. The van der Waals surface area contributed by atoms with Crippen LogP contribution in [0.4, 0.5) is 5.69 Å². The highest BCUT2D eigenvalue weighted by Gasteiger charge is 2.32. The average Bonchev–Trinajstić information content (AvgIpc) is 3.65. The molecule has 0 spiro atoms. The van der Waals surface area contributed by atoms with Gasteiger partial charge in [0, 0.05) is 56.7 Å². The van der Waals surface area contributed by atoms with Crippen LogP contribution < -0.4 is 4.90 Å². The van der Waals surface area contributed by atoms with Gasteiger partial charge in [-0.25, -0.2) is 13.4 Å². The zero-order valence-corrected chi connectivity index (χ0v) is 22.4. The maximum atomic E-state index is 13.4. The van der Waals surface area contributed by atoms with Crippen molar-refractivity contribution in [3.8, 4) is 17.5 Å². The number of sulfonamides is 1. The van der Waals surface area contributed by atoms with Crippen molar-refractivity contribution < 1.29 is 12.8 Å². The number of piperazine rings is 1. The lowest BCUT2D eigenvalue weighted by atomic mass is 9.94. The number of fused-ring (bicyclic) bond motifs is 1. The Hall–Kier alpha value is -4.04. The van der Waals surface area contributed by atoms with Gasteiger partial charge in [-0.2, -0.15) is 9.57 Å². The van der Waals surface area contributed by atoms with Crippen LogP contribution >= 0.6 is 0 Å². The van der Waals surface area contributed by atoms with Crippen LogP contribution in [-0.2, 0) is 23.1 Å². The monoisotopic (exact) mass is 540 g/mol. The van der Waals surface area contributed by atoms with E-state index in [1.54, 1.807) is 36.7 Å². The second-order valence-corrected chi connectivity index (χ2v) is 11.9. The largest absolute Gasteiger partial charge is 0.445 e. The molecule has 0 aliphatic carbocycles. The van der Waals surface area contributed by atoms with Crippen molar-refractivity contribution in [3.05, 3.63) is 95.6 Å². The summed E-state index contributed by atoms with van der Waals surface area (Å²) in [6.07, 6.45) is 4.73. The number of hydrogen-bond donors (Lipinski definition) is 0. The molecule has 6 rings (SSSR count). The second kappa shape index (κ2) is 10.3. The Morgan fingerprint density at radius 1 is 0.974 bits per heavy atom. The number of aromatic nitrogens is 2. The molecular weight excluding hydrogens is 512 g/mol. The molecule has 39 heavy (non-hydrogen) atoms. The van der Waals surface area contributed by atoms with Crippen molar-refractivity contribution in [1.82, 2.24) is 19.2 Å². The predicted molar refractivity (Wildman–Crippen MR) is 146 cm³/mol. The smallest absolute Gasteiger partial charge is 0.243 e. The van der Waals surface area contributed by atoms with Gasteiger partial charge >= 0.3 is 0 Å². The molecule has 1 atom stereocenters. The van der Waals surface area contributed by atoms with Gasteiger partial charge in [-0.1, -0.05) is 12.1 Å². The first-order valence-corrected chi connectivity index (χ1v) is 14.3. The van der Waals surface area contributed by atoms with E-state index in [0.717, 1.165) is 48.6 Å². The molecule has 1 unspecified atom stereocenters. The van der Waals surface area contributed by atoms with E-state index in [0.29, 0.717) is 17.1 Å². The Morgan fingerprint density at radius 3 is 2.46 bits per heavy atom. The van der Waals surface area contributed by atoms with E-state index in [2.05, 4.69) is 45.0 Å². The zero-order chi connectivity index (χ0) is 27.0. The third kappa shape index (κ3) is 4.92. The summed E-state index contributed by atoms with van der Waals surface area (Å²) in [4.78, 5) is 13.6. The van der Waals surface area contributed by atoms with Crippen LogP contribution in [-0.4, -0.2) is 60.8 Å². The molecule has 198 valence electrons. The lowest BCUT2D eigenvalue weighted by Crippen LogP contribution is -2.44. The van der Waals surface area contributed by atoms with Crippen LogP contribution in [0.25, 0.3) is 11.5 Å². The number of hydrogen-bond acceptors (Lipinski definition) is 8. The van der Waals surface area contributed by atoms with Gasteiger partial charge in [-0.05, 0) is 66.2 Å². The van der Waals surface area contributed by atoms with Crippen molar-refractivity contribution in [3.63, 3.8) is 0 Å². The molecule has 4 aromatic rings. The lowest BCUT2D eigenvalue weighted by molar-refractivity contribution is 0.313. The fourth-order valence-corrected chi connectivity index (χ4v) is 6.56. The fraction of sp³-hybridized carbons (Fsp3) is 0.276. The number of likely N-dealkylation sites (N-methyl/N-ethyl adjacent to an activating group) is 1. The summed E-state index contributed by atoms with van der Waals surface area (Å²) in [5.41, 5.74) is 5.04. The molecule has 4 heterocycles. The Labute approximate surface area is 228 Å². The first kappa shape index (κ1) is 25.2. The predicted octanol–water partition coefficient (Wildman–Crippen LogP) is 3.85. The van der Waals surface area contributed by atoms with Gasteiger partial charge < -0.3 is 14.2 Å². The summed E-state index contributed by atoms with van der Waals surface area (Å²) >= 11 is 0. The quantitative estimate of drug-likeness (QED) is 0.363. The van der Waals surface area contributed by atoms with Gasteiger partial charge in [0.05, 0.1) is 22.9 Å². The maximum absolute atomic E-state index is 13.4. The molecule has 0 N–H and O–H groups in total. The minimum Gasteiger partial charge on any atom is -0.445 e. The normalized spacial score (nSPS) is 17.1. The Morgan fingerprint density at radius 2 is 1.74 bits per heavy atom. The minimum absolute atomic E-state index is 0.203. The molecule has 1 saturated heterocycles. The van der Waals surface area contributed by atoms with Gasteiger partial charge in [-0.15, -0.1) is 0 Å². The van der Waals surface area contributed by atoms with Crippen molar-refractivity contribution >= 4 is 15.7 Å². The lowest BCUT2D eigenvalue weighted by Gasteiger charge is -2.34. The molecule has 0 saturated carbocycles. The minimum atomic E-state index is -3.72. The van der Waals surface area contributed by atoms with Gasteiger partial charge in [0.2, 0.25) is 15.9 Å². The second-order valence-electron chi connectivity index (χ2n) is 9.96. The van der Waals surface area contributed by atoms with Crippen LogP contribution in [0.5, 0.6) is 0 Å². The molecule has 9 nitrogen and oxygen atoms in total. The molecular formula is C29H28N6O3S. The highest BCUT2D eigenvalue weighted by atomic mass is 32.2. The summed E-state index contributed by atoms with van der Waals surface area (Å²) in [7, 11) is -1.60. The molecule has 10 heteroatoms. The van der Waals surface area contributed by atoms with Crippen molar-refractivity contribution in [2.75, 3.05) is 38.1 Å².